The molecule has 1 fully saturated rings. The highest BCUT2D eigenvalue weighted by Gasteiger charge is 2.26. The average Bonchev–Trinajstić information content (AvgIpc) is 2.81. The van der Waals surface area contributed by atoms with Crippen molar-refractivity contribution in [3.05, 3.63) is 22.4 Å². The second-order valence-corrected chi connectivity index (χ2v) is 4.41. The maximum atomic E-state index is 12.0. The van der Waals surface area contributed by atoms with E-state index in [2.05, 4.69) is 11.8 Å². The Balaban J connectivity index is 2.01. The third-order valence-corrected chi connectivity index (χ3v) is 3.38. The number of morpholine rings is 1. The van der Waals surface area contributed by atoms with Gasteiger partial charge < -0.3 is 4.74 Å². The van der Waals surface area contributed by atoms with Crippen molar-refractivity contribution in [3.63, 3.8) is 0 Å². The first-order valence-electron chi connectivity index (χ1n) is 5.21. The van der Waals surface area contributed by atoms with Gasteiger partial charge in [-0.15, -0.1) is 0 Å². The molecule has 0 aliphatic carbocycles. The lowest BCUT2D eigenvalue weighted by Crippen LogP contribution is -2.45. The quantitative estimate of drug-likeness (QED) is 0.733. The molecule has 82 valence electrons. The van der Waals surface area contributed by atoms with E-state index >= 15 is 0 Å². The van der Waals surface area contributed by atoms with Crippen molar-refractivity contribution in [2.45, 2.75) is 13.0 Å². The number of carbonyl (C=O) groups is 1. The fourth-order valence-corrected chi connectivity index (χ4v) is 2.38. The summed E-state index contributed by atoms with van der Waals surface area (Å²) in [6.45, 7) is 5.41. The van der Waals surface area contributed by atoms with Crippen LogP contribution in [0.2, 0.25) is 0 Å². The first kappa shape index (κ1) is 10.8. The van der Waals surface area contributed by atoms with Crippen LogP contribution in [0.3, 0.4) is 0 Å². The van der Waals surface area contributed by atoms with Crippen LogP contribution in [-0.2, 0) is 4.74 Å². The minimum Gasteiger partial charge on any atom is -0.367 e. The smallest absolute Gasteiger partial charge is 0.193 e. The Hall–Kier alpha value is -0.710. The van der Waals surface area contributed by atoms with E-state index in [1.165, 1.54) is 0 Å². The minimum absolute atomic E-state index is 0.120. The molecule has 0 spiro atoms. The standard InChI is InChI=1S/C11H15NO2S/c1-2-12-4-5-14-10(7-12)11(13)9-3-6-15-8-9/h3,6,8,10H,2,4-5,7H2,1H3. The molecule has 0 aromatic carbocycles. The first-order valence-corrected chi connectivity index (χ1v) is 6.16. The highest BCUT2D eigenvalue weighted by Crippen LogP contribution is 2.14. The molecule has 0 saturated carbocycles. The fraction of sp³-hybridized carbons (Fsp3) is 0.545. The van der Waals surface area contributed by atoms with Gasteiger partial charge in [-0.25, -0.2) is 0 Å². The van der Waals surface area contributed by atoms with Gasteiger partial charge >= 0.3 is 0 Å². The maximum absolute atomic E-state index is 12.0. The van der Waals surface area contributed by atoms with Gasteiger partial charge in [0.05, 0.1) is 6.61 Å². The third-order valence-electron chi connectivity index (χ3n) is 2.70. The first-order chi connectivity index (χ1) is 7.31. The normalized spacial score (nSPS) is 22.9. The number of carbonyl (C=O) groups excluding carboxylic acids is 1. The number of likely N-dealkylation sites (N-methyl/N-ethyl adjacent to an activating group) is 1. The van der Waals surface area contributed by atoms with Crippen LogP contribution in [0.25, 0.3) is 0 Å². The molecule has 2 heterocycles. The van der Waals surface area contributed by atoms with Crippen LogP contribution < -0.4 is 0 Å². The van der Waals surface area contributed by atoms with E-state index in [4.69, 9.17) is 4.74 Å². The van der Waals surface area contributed by atoms with Crippen LogP contribution in [0.4, 0.5) is 0 Å². The summed E-state index contributed by atoms with van der Waals surface area (Å²) in [4.78, 5) is 14.2. The summed E-state index contributed by atoms with van der Waals surface area (Å²) in [6, 6.07) is 1.86. The predicted molar refractivity (Wildman–Crippen MR) is 60.5 cm³/mol. The van der Waals surface area contributed by atoms with Crippen LogP contribution in [0, 0.1) is 0 Å². The molecule has 1 saturated heterocycles. The Bertz CT molecular complexity index is 323. The van der Waals surface area contributed by atoms with Gasteiger partial charge in [-0.2, -0.15) is 11.3 Å². The van der Waals surface area contributed by atoms with Crippen LogP contribution >= 0.6 is 11.3 Å². The highest BCUT2D eigenvalue weighted by atomic mass is 32.1. The second-order valence-electron chi connectivity index (χ2n) is 3.63. The number of nitrogens with zero attached hydrogens (tertiary/aromatic N) is 1. The molecule has 3 nitrogen and oxygen atoms in total. The Labute approximate surface area is 93.7 Å². The second kappa shape index (κ2) is 4.88. The largest absolute Gasteiger partial charge is 0.367 e. The molecule has 1 atom stereocenters. The van der Waals surface area contributed by atoms with Gasteiger partial charge in [0.15, 0.2) is 5.78 Å². The highest BCUT2D eigenvalue weighted by molar-refractivity contribution is 7.08. The fourth-order valence-electron chi connectivity index (χ4n) is 1.74. The predicted octanol–water partition coefficient (Wildman–Crippen LogP) is 1.65. The molecule has 1 aliphatic rings. The zero-order valence-electron chi connectivity index (χ0n) is 8.81. The summed E-state index contributed by atoms with van der Waals surface area (Å²) in [7, 11) is 0. The number of ether oxygens (including phenoxy) is 1. The van der Waals surface area contributed by atoms with E-state index in [0.29, 0.717) is 6.61 Å². The average molecular weight is 225 g/mol. The lowest BCUT2D eigenvalue weighted by atomic mass is 10.1. The van der Waals surface area contributed by atoms with Crippen molar-refractivity contribution in [1.29, 1.82) is 0 Å². The van der Waals surface area contributed by atoms with Crippen LogP contribution in [0.5, 0.6) is 0 Å². The lowest BCUT2D eigenvalue weighted by molar-refractivity contribution is -0.0148. The molecular formula is C11H15NO2S. The van der Waals surface area contributed by atoms with E-state index < -0.39 is 0 Å². The molecule has 1 aromatic rings. The molecule has 1 unspecified atom stereocenters. The van der Waals surface area contributed by atoms with E-state index in [1.807, 2.05) is 16.8 Å². The van der Waals surface area contributed by atoms with Gasteiger partial charge in [-0.3, -0.25) is 9.69 Å². The molecule has 2 rings (SSSR count). The number of rotatable bonds is 3. The molecule has 1 aliphatic heterocycles. The summed E-state index contributed by atoms with van der Waals surface area (Å²) < 4.78 is 5.51. The van der Waals surface area contributed by atoms with Crippen molar-refractivity contribution in [3.8, 4) is 0 Å². The third kappa shape index (κ3) is 2.45. The lowest BCUT2D eigenvalue weighted by Gasteiger charge is -2.30. The summed E-state index contributed by atoms with van der Waals surface area (Å²) in [5.41, 5.74) is 0.781. The molecule has 4 heteroatoms. The van der Waals surface area contributed by atoms with Crippen molar-refractivity contribution < 1.29 is 9.53 Å². The SMILES string of the molecule is CCN1CCOC(C(=O)c2ccsc2)C1. The van der Waals surface area contributed by atoms with Crippen LogP contribution in [-0.4, -0.2) is 43.0 Å². The van der Waals surface area contributed by atoms with Crippen molar-refractivity contribution in [2.75, 3.05) is 26.2 Å². The Kier molecular flexibility index (Phi) is 3.51. The van der Waals surface area contributed by atoms with E-state index in [-0.39, 0.29) is 11.9 Å². The Morgan fingerprint density at radius 2 is 2.60 bits per heavy atom. The summed E-state index contributed by atoms with van der Waals surface area (Å²) >= 11 is 1.55. The van der Waals surface area contributed by atoms with Crippen LogP contribution in [0.15, 0.2) is 16.8 Å². The molecule has 0 N–H and O–H groups in total. The molecule has 0 radical (unpaired) electrons. The number of hydrogen-bond acceptors (Lipinski definition) is 4. The van der Waals surface area contributed by atoms with Crippen molar-refractivity contribution >= 4 is 17.1 Å². The number of Topliss-reactive ketones (excluding diaryl/α,β-unsaturated/α-hetero) is 1. The van der Waals surface area contributed by atoms with E-state index in [0.717, 1.165) is 25.2 Å². The van der Waals surface area contributed by atoms with Crippen LogP contribution in [0.1, 0.15) is 17.3 Å². The molecule has 15 heavy (non-hydrogen) atoms. The minimum atomic E-state index is -0.270. The van der Waals surface area contributed by atoms with E-state index in [1.54, 1.807) is 11.3 Å². The molecule has 0 bridgehead atoms. The summed E-state index contributed by atoms with van der Waals surface area (Å²) in [5.74, 6) is 0.120. The number of hydrogen-bond donors (Lipinski definition) is 0. The molecule has 1 aromatic heterocycles. The van der Waals surface area contributed by atoms with Crippen molar-refractivity contribution in [1.82, 2.24) is 4.90 Å². The van der Waals surface area contributed by atoms with Gasteiger partial charge in [-0.1, -0.05) is 6.92 Å². The van der Waals surface area contributed by atoms with Gasteiger partial charge in [0.2, 0.25) is 0 Å². The maximum Gasteiger partial charge on any atom is 0.193 e. The zero-order valence-corrected chi connectivity index (χ0v) is 9.63. The number of thiophene rings is 1. The summed E-state index contributed by atoms with van der Waals surface area (Å²) in [5, 5.41) is 3.81. The molecule has 0 amide bonds. The van der Waals surface area contributed by atoms with Gasteiger partial charge in [-0.05, 0) is 18.0 Å². The summed E-state index contributed by atoms with van der Waals surface area (Å²) in [6.07, 6.45) is -0.270. The van der Waals surface area contributed by atoms with Gasteiger partial charge in [0, 0.05) is 24.0 Å². The van der Waals surface area contributed by atoms with Gasteiger partial charge in [0.25, 0.3) is 0 Å². The monoisotopic (exact) mass is 225 g/mol. The molecular weight excluding hydrogens is 210 g/mol. The Morgan fingerprint density at radius 3 is 3.27 bits per heavy atom. The zero-order chi connectivity index (χ0) is 10.7. The number of ketones is 1. The van der Waals surface area contributed by atoms with Gasteiger partial charge in [0.1, 0.15) is 6.10 Å². The topological polar surface area (TPSA) is 29.5 Å². The van der Waals surface area contributed by atoms with Crippen molar-refractivity contribution in [2.24, 2.45) is 0 Å². The Morgan fingerprint density at radius 1 is 1.73 bits per heavy atom. The van der Waals surface area contributed by atoms with E-state index in [9.17, 15) is 4.79 Å².